The Labute approximate surface area is 197 Å². The maximum absolute atomic E-state index is 13.3. The molecule has 172 valence electrons. The van der Waals surface area contributed by atoms with Crippen LogP contribution in [0.5, 0.6) is 0 Å². The van der Waals surface area contributed by atoms with Gasteiger partial charge in [-0.2, -0.15) is 0 Å². The lowest BCUT2D eigenvalue weighted by Gasteiger charge is -2.23. The van der Waals surface area contributed by atoms with Crippen LogP contribution >= 0.6 is 0 Å². The third kappa shape index (κ3) is 3.25. The van der Waals surface area contributed by atoms with E-state index < -0.39 is 5.54 Å². The monoisotopic (exact) mass is 454 g/mol. The fourth-order valence-corrected chi connectivity index (χ4v) is 5.28. The Kier molecular flexibility index (Phi) is 4.26. The smallest absolute Gasteiger partial charge is 0.256 e. The van der Waals surface area contributed by atoms with Crippen LogP contribution in [0.25, 0.3) is 22.6 Å². The average Bonchev–Trinajstić information content (AvgIpc) is 3.75. The minimum atomic E-state index is -0.545. The van der Waals surface area contributed by atoms with E-state index in [1.807, 2.05) is 58.3 Å². The summed E-state index contributed by atoms with van der Waals surface area (Å²) in [7, 11) is 0. The lowest BCUT2D eigenvalue weighted by molar-refractivity contribution is -0.131. The number of rotatable bonds is 5. The molecule has 7 heteroatoms. The molecule has 0 unspecified atom stereocenters. The van der Waals surface area contributed by atoms with Crippen molar-refractivity contribution in [2.75, 3.05) is 19.6 Å². The van der Waals surface area contributed by atoms with Crippen molar-refractivity contribution in [1.29, 1.82) is 0 Å². The summed E-state index contributed by atoms with van der Waals surface area (Å²) >= 11 is 0. The number of carbonyl (C=O) groups excluding carboxylic acids is 2. The summed E-state index contributed by atoms with van der Waals surface area (Å²) in [5, 5.41) is 0. The number of nitrogens with zero attached hydrogens (tertiary/aromatic N) is 4. The molecule has 2 aliphatic carbocycles. The minimum absolute atomic E-state index is 0.123. The molecule has 3 fully saturated rings. The average molecular weight is 455 g/mol. The lowest BCUT2D eigenvalue weighted by atomic mass is 10.1. The lowest BCUT2D eigenvalue weighted by Crippen LogP contribution is -2.40. The van der Waals surface area contributed by atoms with Gasteiger partial charge in [-0.25, -0.2) is 4.98 Å². The van der Waals surface area contributed by atoms with Gasteiger partial charge in [0, 0.05) is 36.7 Å². The molecule has 4 aliphatic rings. The van der Waals surface area contributed by atoms with Crippen LogP contribution in [-0.4, -0.2) is 57.6 Å². The second-order valence-electron chi connectivity index (χ2n) is 10.2. The van der Waals surface area contributed by atoms with Gasteiger partial charge in [-0.15, -0.1) is 0 Å². The topological polar surface area (TPSA) is 79.0 Å². The first-order valence-corrected chi connectivity index (χ1v) is 12.3. The molecule has 1 spiro atoms. The number of amides is 2. The Morgan fingerprint density at radius 3 is 2.53 bits per heavy atom. The third-order valence-corrected chi connectivity index (χ3v) is 7.59. The summed E-state index contributed by atoms with van der Waals surface area (Å²) in [5.41, 5.74) is 2.87. The van der Waals surface area contributed by atoms with E-state index in [0.29, 0.717) is 24.3 Å². The van der Waals surface area contributed by atoms with Gasteiger partial charge in [-0.3, -0.25) is 19.5 Å². The van der Waals surface area contributed by atoms with Gasteiger partial charge < -0.3 is 9.32 Å². The molecule has 1 atom stereocenters. The number of hydrogen-bond acceptors (Lipinski definition) is 5. The number of amidine groups is 1. The number of aromatic nitrogens is 1. The van der Waals surface area contributed by atoms with Crippen molar-refractivity contribution in [3.05, 3.63) is 54.1 Å². The highest BCUT2D eigenvalue weighted by molar-refractivity contribution is 6.16. The van der Waals surface area contributed by atoms with Gasteiger partial charge in [0.1, 0.15) is 16.9 Å². The molecule has 0 bridgehead atoms. The van der Waals surface area contributed by atoms with Crippen LogP contribution in [-0.2, 0) is 9.59 Å². The minimum Gasteiger partial charge on any atom is -0.436 e. The normalized spacial score (nSPS) is 23.2. The van der Waals surface area contributed by atoms with Gasteiger partial charge in [0.2, 0.25) is 11.8 Å². The number of hydrogen-bond donors (Lipinski definition) is 0. The SMILES string of the molecule is O=C(C1CC1)N1CC[C@@H](CN2C(=O)C3(CC3)N=C2c2ccc(-c3nc4ccccc4o3)cc2)C1. The van der Waals surface area contributed by atoms with Gasteiger partial charge in [0.25, 0.3) is 5.91 Å². The number of aliphatic imine (C=N–C) groups is 1. The van der Waals surface area contributed by atoms with E-state index >= 15 is 0 Å². The molecule has 7 rings (SSSR count). The first-order valence-electron chi connectivity index (χ1n) is 12.3. The zero-order valence-electron chi connectivity index (χ0n) is 18.9. The van der Waals surface area contributed by atoms with E-state index in [-0.39, 0.29) is 11.8 Å². The maximum atomic E-state index is 13.3. The summed E-state index contributed by atoms with van der Waals surface area (Å²) in [6.07, 6.45) is 4.65. The summed E-state index contributed by atoms with van der Waals surface area (Å²) in [4.78, 5) is 39.1. The van der Waals surface area contributed by atoms with Gasteiger partial charge in [-0.05, 0) is 62.3 Å². The highest BCUT2D eigenvalue weighted by Gasteiger charge is 2.57. The second kappa shape index (κ2) is 7.26. The number of benzene rings is 2. The second-order valence-corrected chi connectivity index (χ2v) is 10.2. The molecule has 34 heavy (non-hydrogen) atoms. The van der Waals surface area contributed by atoms with Crippen molar-refractivity contribution < 1.29 is 14.0 Å². The highest BCUT2D eigenvalue weighted by atomic mass is 16.3. The molecule has 2 aliphatic heterocycles. The summed E-state index contributed by atoms with van der Waals surface area (Å²) in [5.74, 6) is 2.32. The van der Waals surface area contributed by atoms with Crippen LogP contribution in [0.2, 0.25) is 0 Å². The van der Waals surface area contributed by atoms with Gasteiger partial charge >= 0.3 is 0 Å². The van der Waals surface area contributed by atoms with E-state index in [2.05, 4.69) is 4.98 Å². The largest absolute Gasteiger partial charge is 0.436 e. The van der Waals surface area contributed by atoms with Crippen molar-refractivity contribution in [3.63, 3.8) is 0 Å². The molecule has 3 aromatic rings. The van der Waals surface area contributed by atoms with Crippen molar-refractivity contribution in [2.24, 2.45) is 16.8 Å². The van der Waals surface area contributed by atoms with Crippen molar-refractivity contribution in [3.8, 4) is 11.5 Å². The zero-order chi connectivity index (χ0) is 22.9. The first-order chi connectivity index (χ1) is 16.6. The molecular formula is C27H26N4O3. The Balaban J connectivity index is 1.12. The predicted octanol–water partition coefficient (Wildman–Crippen LogP) is 3.87. The standard InChI is InChI=1S/C27H26N4O3/c32-25(20-9-10-20)30-14-11-17(15-30)16-31-23(29-27(12-13-27)26(31)33)18-5-7-19(8-6-18)24-28-21-3-1-2-4-22(21)34-24/h1-8,17,20H,9-16H2/t17-/m1/s1. The third-order valence-electron chi connectivity index (χ3n) is 7.59. The van der Waals surface area contributed by atoms with Gasteiger partial charge in [-0.1, -0.05) is 24.3 Å². The van der Waals surface area contributed by atoms with E-state index in [0.717, 1.165) is 73.3 Å². The van der Waals surface area contributed by atoms with Gasteiger partial charge in [0.05, 0.1) is 0 Å². The maximum Gasteiger partial charge on any atom is 0.256 e. The van der Waals surface area contributed by atoms with Crippen LogP contribution in [0.3, 0.4) is 0 Å². The Morgan fingerprint density at radius 1 is 1.03 bits per heavy atom. The van der Waals surface area contributed by atoms with E-state index in [1.165, 1.54) is 0 Å². The number of para-hydroxylation sites is 2. The number of oxazole rings is 1. The molecule has 1 aromatic heterocycles. The molecule has 2 saturated carbocycles. The Morgan fingerprint density at radius 2 is 1.79 bits per heavy atom. The van der Waals surface area contributed by atoms with Crippen molar-refractivity contribution in [2.45, 2.75) is 37.6 Å². The van der Waals surface area contributed by atoms with E-state index in [9.17, 15) is 9.59 Å². The molecule has 0 N–H and O–H groups in total. The van der Waals surface area contributed by atoms with Crippen LogP contribution in [0.1, 0.15) is 37.7 Å². The number of fused-ring (bicyclic) bond motifs is 1. The molecule has 2 aromatic carbocycles. The highest BCUT2D eigenvalue weighted by Crippen LogP contribution is 2.46. The molecule has 3 heterocycles. The Bertz CT molecular complexity index is 1300. The molecule has 0 radical (unpaired) electrons. The fraction of sp³-hybridized carbons (Fsp3) is 0.407. The summed E-state index contributed by atoms with van der Waals surface area (Å²) in [6.45, 7) is 2.18. The number of carbonyl (C=O) groups is 2. The summed E-state index contributed by atoms with van der Waals surface area (Å²) in [6, 6.07) is 15.7. The first kappa shape index (κ1) is 19.9. The molecule has 7 nitrogen and oxygen atoms in total. The number of likely N-dealkylation sites (tertiary alicyclic amines) is 1. The van der Waals surface area contributed by atoms with Gasteiger partial charge in [0.15, 0.2) is 5.58 Å². The van der Waals surface area contributed by atoms with Crippen LogP contribution in [0.4, 0.5) is 0 Å². The van der Waals surface area contributed by atoms with Crippen LogP contribution < -0.4 is 0 Å². The van der Waals surface area contributed by atoms with Crippen molar-refractivity contribution in [1.82, 2.24) is 14.8 Å². The molecule has 1 saturated heterocycles. The zero-order valence-corrected chi connectivity index (χ0v) is 18.9. The summed E-state index contributed by atoms with van der Waals surface area (Å²) < 4.78 is 5.90. The molecular weight excluding hydrogens is 428 g/mol. The fourth-order valence-electron chi connectivity index (χ4n) is 5.28. The van der Waals surface area contributed by atoms with Crippen molar-refractivity contribution >= 4 is 28.7 Å². The van der Waals surface area contributed by atoms with Crippen LogP contribution in [0, 0.1) is 11.8 Å². The predicted molar refractivity (Wildman–Crippen MR) is 127 cm³/mol. The van der Waals surface area contributed by atoms with E-state index in [4.69, 9.17) is 9.41 Å². The van der Waals surface area contributed by atoms with Crippen LogP contribution in [0.15, 0.2) is 57.9 Å². The van der Waals surface area contributed by atoms with E-state index in [1.54, 1.807) is 0 Å². The molecule has 2 amide bonds. The Hall–Kier alpha value is -3.48. The quantitative estimate of drug-likeness (QED) is 0.586.